The number of aromatic nitrogens is 2. The zero-order chi connectivity index (χ0) is 15.6. The lowest BCUT2D eigenvalue weighted by atomic mass is 10.1. The monoisotopic (exact) mass is 282 g/mol. The van der Waals surface area contributed by atoms with E-state index in [9.17, 15) is 4.79 Å². The third kappa shape index (κ3) is 4.85. The molecule has 114 valence electrons. The van der Waals surface area contributed by atoms with Gasteiger partial charge in [0.15, 0.2) is 0 Å². The van der Waals surface area contributed by atoms with E-state index in [1.165, 1.54) is 0 Å². The lowest BCUT2D eigenvalue weighted by Gasteiger charge is -2.23. The predicted octanol–water partition coefficient (Wildman–Crippen LogP) is 2.16. The summed E-state index contributed by atoms with van der Waals surface area (Å²) in [5.74, 6) is 0. The number of carbonyl (C=O) groups is 1. The minimum atomic E-state index is -0.529. The van der Waals surface area contributed by atoms with Crippen molar-refractivity contribution in [3.8, 4) is 0 Å². The number of ether oxygens (including phenoxy) is 1. The Balaban J connectivity index is 2.77. The second kappa shape index (κ2) is 5.83. The number of nitrogens with zero attached hydrogens (tertiary/aromatic N) is 2. The number of alkyl carbamates (subject to hydrolysis) is 1. The van der Waals surface area contributed by atoms with Gasteiger partial charge in [0.05, 0.1) is 17.8 Å². The molecule has 1 rings (SSSR count). The first-order chi connectivity index (χ1) is 9.03. The molecule has 0 bridgehead atoms. The Bertz CT molecular complexity index is 454. The molecule has 20 heavy (non-hydrogen) atoms. The molecule has 0 aliphatic heterocycles. The molecule has 0 aliphatic rings. The summed E-state index contributed by atoms with van der Waals surface area (Å²) in [5.41, 5.74) is 5.96. The zero-order valence-corrected chi connectivity index (χ0v) is 13.2. The number of hydrogen-bond donors (Lipinski definition) is 2. The molecule has 6 nitrogen and oxygen atoms in total. The average Bonchev–Trinajstić information content (AvgIpc) is 2.71. The molecule has 6 heteroatoms. The van der Waals surface area contributed by atoms with Crippen LogP contribution < -0.4 is 11.1 Å². The molecule has 1 atom stereocenters. The first-order valence-electron chi connectivity index (χ1n) is 6.77. The Labute approximate surface area is 120 Å². The first-order valence-corrected chi connectivity index (χ1v) is 6.77. The predicted molar refractivity (Wildman–Crippen MR) is 78.4 cm³/mol. The van der Waals surface area contributed by atoms with Crippen molar-refractivity contribution in [2.75, 3.05) is 6.54 Å². The lowest BCUT2D eigenvalue weighted by molar-refractivity contribution is 0.0505. The number of rotatable bonds is 3. The minimum Gasteiger partial charge on any atom is -0.444 e. The molecule has 1 aromatic heterocycles. The van der Waals surface area contributed by atoms with E-state index < -0.39 is 11.7 Å². The van der Waals surface area contributed by atoms with Crippen LogP contribution in [-0.4, -0.2) is 28.0 Å². The van der Waals surface area contributed by atoms with Crippen LogP contribution in [0.4, 0.5) is 4.79 Å². The molecule has 1 amide bonds. The molecule has 1 aromatic rings. The van der Waals surface area contributed by atoms with Crippen LogP contribution in [0.1, 0.15) is 53.1 Å². The molecule has 3 N–H and O–H groups in total. The van der Waals surface area contributed by atoms with Gasteiger partial charge < -0.3 is 15.8 Å². The zero-order valence-electron chi connectivity index (χ0n) is 13.2. The molecule has 1 unspecified atom stereocenters. The molecular formula is C14H26N4O2. The van der Waals surface area contributed by atoms with Crippen LogP contribution in [0.25, 0.3) is 0 Å². The summed E-state index contributed by atoms with van der Waals surface area (Å²) in [6.07, 6.45) is 3.14. The Morgan fingerprint density at radius 3 is 2.40 bits per heavy atom. The molecule has 0 aliphatic carbocycles. The summed E-state index contributed by atoms with van der Waals surface area (Å²) in [7, 11) is 0. The standard InChI is InChI=1S/C14H26N4O2/c1-13(2,3)18-9-10(8-16-18)11(7-15)17-12(19)20-14(4,5)6/h8-9,11H,7,15H2,1-6H3,(H,17,19). The number of amides is 1. The van der Waals surface area contributed by atoms with E-state index >= 15 is 0 Å². The van der Waals surface area contributed by atoms with E-state index in [2.05, 4.69) is 31.2 Å². The highest BCUT2D eigenvalue weighted by Gasteiger charge is 2.22. The van der Waals surface area contributed by atoms with Gasteiger partial charge in [0.1, 0.15) is 5.60 Å². The maximum absolute atomic E-state index is 11.8. The topological polar surface area (TPSA) is 82.2 Å². The van der Waals surface area contributed by atoms with Crippen molar-refractivity contribution in [2.45, 2.75) is 58.7 Å². The largest absolute Gasteiger partial charge is 0.444 e. The van der Waals surface area contributed by atoms with Gasteiger partial charge in [0, 0.05) is 18.3 Å². The average molecular weight is 282 g/mol. The van der Waals surface area contributed by atoms with Crippen LogP contribution in [0, 0.1) is 0 Å². The smallest absolute Gasteiger partial charge is 0.408 e. The fraction of sp³-hybridized carbons (Fsp3) is 0.714. The van der Waals surface area contributed by atoms with E-state index in [4.69, 9.17) is 10.5 Å². The third-order valence-corrected chi connectivity index (χ3v) is 2.62. The summed E-state index contributed by atoms with van der Waals surface area (Å²) >= 11 is 0. The van der Waals surface area contributed by atoms with Gasteiger partial charge in [-0.3, -0.25) is 4.68 Å². The van der Waals surface area contributed by atoms with Gasteiger partial charge in [-0.25, -0.2) is 4.79 Å². The third-order valence-electron chi connectivity index (χ3n) is 2.62. The summed E-state index contributed by atoms with van der Waals surface area (Å²) in [5, 5.41) is 7.07. The van der Waals surface area contributed by atoms with Gasteiger partial charge >= 0.3 is 6.09 Å². The van der Waals surface area contributed by atoms with Gasteiger partial charge in [-0.2, -0.15) is 5.10 Å². The summed E-state index contributed by atoms with van der Waals surface area (Å²) in [4.78, 5) is 11.8. The number of nitrogens with one attached hydrogen (secondary N) is 1. The fourth-order valence-corrected chi connectivity index (χ4v) is 1.61. The van der Waals surface area contributed by atoms with Gasteiger partial charge in [0.2, 0.25) is 0 Å². The van der Waals surface area contributed by atoms with Crippen LogP contribution >= 0.6 is 0 Å². The van der Waals surface area contributed by atoms with Crippen molar-refractivity contribution in [1.29, 1.82) is 0 Å². The second-order valence-electron chi connectivity index (χ2n) is 6.82. The van der Waals surface area contributed by atoms with Crippen molar-refractivity contribution in [2.24, 2.45) is 5.73 Å². The fourth-order valence-electron chi connectivity index (χ4n) is 1.61. The Kier molecular flexibility index (Phi) is 4.81. The summed E-state index contributed by atoms with van der Waals surface area (Å²) in [6.45, 7) is 11.9. The highest BCUT2D eigenvalue weighted by molar-refractivity contribution is 5.68. The SMILES string of the molecule is CC(C)(C)OC(=O)NC(CN)c1cnn(C(C)(C)C)c1. The van der Waals surface area contributed by atoms with E-state index in [-0.39, 0.29) is 18.1 Å². The van der Waals surface area contributed by atoms with Crippen molar-refractivity contribution < 1.29 is 9.53 Å². The molecule has 0 spiro atoms. The van der Waals surface area contributed by atoms with Crippen LogP contribution in [0.3, 0.4) is 0 Å². The van der Waals surface area contributed by atoms with Crippen molar-refractivity contribution in [1.82, 2.24) is 15.1 Å². The maximum Gasteiger partial charge on any atom is 0.408 e. The van der Waals surface area contributed by atoms with E-state index in [0.29, 0.717) is 0 Å². The number of hydrogen-bond acceptors (Lipinski definition) is 4. The normalized spacial score (nSPS) is 13.9. The summed E-state index contributed by atoms with van der Waals surface area (Å²) < 4.78 is 7.08. The van der Waals surface area contributed by atoms with Gasteiger partial charge in [-0.15, -0.1) is 0 Å². The Morgan fingerprint density at radius 1 is 1.40 bits per heavy atom. The molecule has 0 fully saturated rings. The molecule has 0 saturated carbocycles. The number of carbonyl (C=O) groups excluding carboxylic acids is 1. The van der Waals surface area contributed by atoms with Gasteiger partial charge in [-0.1, -0.05) is 0 Å². The second-order valence-corrected chi connectivity index (χ2v) is 6.82. The molecule has 0 radical (unpaired) electrons. The van der Waals surface area contributed by atoms with E-state index in [1.807, 2.05) is 31.6 Å². The minimum absolute atomic E-state index is 0.108. The van der Waals surface area contributed by atoms with Crippen LogP contribution in [0.5, 0.6) is 0 Å². The first kappa shape index (κ1) is 16.5. The van der Waals surface area contributed by atoms with E-state index in [0.717, 1.165) is 5.56 Å². The summed E-state index contributed by atoms with van der Waals surface area (Å²) in [6, 6.07) is -0.305. The Hall–Kier alpha value is -1.56. The lowest BCUT2D eigenvalue weighted by Crippen LogP contribution is -2.37. The van der Waals surface area contributed by atoms with Crippen LogP contribution in [0.15, 0.2) is 12.4 Å². The van der Waals surface area contributed by atoms with Crippen molar-refractivity contribution in [3.63, 3.8) is 0 Å². The molecular weight excluding hydrogens is 256 g/mol. The van der Waals surface area contributed by atoms with Gasteiger partial charge in [-0.05, 0) is 41.5 Å². The van der Waals surface area contributed by atoms with Crippen LogP contribution in [-0.2, 0) is 10.3 Å². The highest BCUT2D eigenvalue weighted by Crippen LogP contribution is 2.18. The highest BCUT2D eigenvalue weighted by atomic mass is 16.6. The van der Waals surface area contributed by atoms with Gasteiger partial charge in [0.25, 0.3) is 0 Å². The molecule has 0 saturated heterocycles. The Morgan fingerprint density at radius 2 is 2.00 bits per heavy atom. The number of nitrogens with two attached hydrogens (primary N) is 1. The van der Waals surface area contributed by atoms with Crippen LogP contribution in [0.2, 0.25) is 0 Å². The quantitative estimate of drug-likeness (QED) is 0.890. The van der Waals surface area contributed by atoms with Crippen molar-refractivity contribution >= 4 is 6.09 Å². The van der Waals surface area contributed by atoms with Crippen molar-refractivity contribution in [3.05, 3.63) is 18.0 Å². The molecule has 1 heterocycles. The maximum atomic E-state index is 11.8. The van der Waals surface area contributed by atoms with E-state index in [1.54, 1.807) is 6.20 Å². The molecule has 0 aromatic carbocycles.